The Morgan fingerprint density at radius 1 is 1.13 bits per heavy atom. The Bertz CT molecular complexity index is 1030. The Hall–Kier alpha value is -3.22. The zero-order valence-electron chi connectivity index (χ0n) is 17.6. The number of para-hydroxylation sites is 1. The summed E-state index contributed by atoms with van der Waals surface area (Å²) in [5.74, 6) is -2.42. The van der Waals surface area contributed by atoms with E-state index >= 15 is 0 Å². The van der Waals surface area contributed by atoms with Gasteiger partial charge in [0.05, 0.1) is 12.3 Å². The molecule has 162 valence electrons. The van der Waals surface area contributed by atoms with Crippen molar-refractivity contribution >= 4 is 23.5 Å². The molecule has 2 aromatic rings. The Balaban J connectivity index is 1.76. The van der Waals surface area contributed by atoms with Crippen LogP contribution in [0.1, 0.15) is 38.3 Å². The Labute approximate surface area is 180 Å². The standard InChI is InChI=1S/C24H25FN2O4/c1-3-31-23(30)24(2,25)22(29)26-20-18-10-5-4-8-16(18)17-9-6-7-11-19(17)27(21(20)28)14-15-12-13-15/h4-11,15,20H,3,12-14H2,1-2H3,(H,26,29)/t20-,24-/m0/s1. The molecular weight excluding hydrogens is 399 g/mol. The third-order valence-corrected chi connectivity index (χ3v) is 5.77. The lowest BCUT2D eigenvalue weighted by atomic mass is 9.95. The second-order valence-electron chi connectivity index (χ2n) is 8.13. The van der Waals surface area contributed by atoms with Gasteiger partial charge in [-0.2, -0.15) is 0 Å². The number of benzene rings is 2. The molecule has 0 radical (unpaired) electrons. The molecule has 0 unspecified atom stereocenters. The summed E-state index contributed by atoms with van der Waals surface area (Å²) in [6.07, 6.45) is 2.09. The van der Waals surface area contributed by atoms with Gasteiger partial charge in [-0.05, 0) is 49.8 Å². The van der Waals surface area contributed by atoms with Crippen LogP contribution in [0.25, 0.3) is 11.1 Å². The minimum absolute atomic E-state index is 0.0543. The Morgan fingerprint density at radius 2 is 1.77 bits per heavy atom. The van der Waals surface area contributed by atoms with Gasteiger partial charge < -0.3 is 15.0 Å². The van der Waals surface area contributed by atoms with Crippen molar-refractivity contribution in [1.29, 1.82) is 0 Å². The molecule has 31 heavy (non-hydrogen) atoms. The summed E-state index contributed by atoms with van der Waals surface area (Å²) in [6, 6.07) is 13.7. The number of hydrogen-bond acceptors (Lipinski definition) is 4. The van der Waals surface area contributed by atoms with E-state index in [-0.39, 0.29) is 12.5 Å². The molecule has 2 atom stereocenters. The van der Waals surface area contributed by atoms with Gasteiger partial charge in [0.15, 0.2) is 0 Å². The molecule has 7 heteroatoms. The average molecular weight is 424 g/mol. The van der Waals surface area contributed by atoms with Crippen LogP contribution in [0.3, 0.4) is 0 Å². The van der Waals surface area contributed by atoms with Crippen molar-refractivity contribution in [2.75, 3.05) is 18.1 Å². The van der Waals surface area contributed by atoms with Gasteiger partial charge in [-0.3, -0.25) is 9.59 Å². The van der Waals surface area contributed by atoms with E-state index in [1.54, 1.807) is 17.0 Å². The van der Waals surface area contributed by atoms with Crippen molar-refractivity contribution in [1.82, 2.24) is 5.32 Å². The van der Waals surface area contributed by atoms with Crippen LogP contribution in [0.4, 0.5) is 10.1 Å². The summed E-state index contributed by atoms with van der Waals surface area (Å²) in [5.41, 5.74) is 0.0679. The Morgan fingerprint density at radius 3 is 2.45 bits per heavy atom. The number of nitrogens with one attached hydrogen (secondary N) is 1. The van der Waals surface area contributed by atoms with Crippen LogP contribution >= 0.6 is 0 Å². The van der Waals surface area contributed by atoms with Gasteiger partial charge >= 0.3 is 5.97 Å². The molecule has 0 saturated heterocycles. The third kappa shape index (κ3) is 3.92. The highest BCUT2D eigenvalue weighted by Gasteiger charge is 2.46. The quantitative estimate of drug-likeness (QED) is 0.568. The van der Waals surface area contributed by atoms with E-state index in [1.165, 1.54) is 6.92 Å². The third-order valence-electron chi connectivity index (χ3n) is 5.77. The molecule has 0 aromatic heterocycles. The fraction of sp³-hybridized carbons (Fsp3) is 0.375. The van der Waals surface area contributed by atoms with Crippen LogP contribution in [0.15, 0.2) is 48.5 Å². The largest absolute Gasteiger partial charge is 0.463 e. The molecule has 2 aliphatic rings. The van der Waals surface area contributed by atoms with Crippen LogP contribution in [-0.2, 0) is 19.1 Å². The summed E-state index contributed by atoms with van der Waals surface area (Å²) in [5, 5.41) is 2.50. The summed E-state index contributed by atoms with van der Waals surface area (Å²) in [6.45, 7) is 2.86. The second-order valence-corrected chi connectivity index (χ2v) is 8.13. The van der Waals surface area contributed by atoms with Gasteiger partial charge in [0.25, 0.3) is 17.5 Å². The maximum absolute atomic E-state index is 15.0. The number of carbonyl (C=O) groups excluding carboxylic acids is 3. The van der Waals surface area contributed by atoms with Crippen LogP contribution in [-0.4, -0.2) is 36.6 Å². The zero-order valence-corrected chi connectivity index (χ0v) is 17.6. The maximum atomic E-state index is 15.0. The van der Waals surface area contributed by atoms with Crippen LogP contribution in [0.2, 0.25) is 0 Å². The average Bonchev–Trinajstić information content (AvgIpc) is 3.60. The van der Waals surface area contributed by atoms with Crippen molar-refractivity contribution in [3.05, 3.63) is 54.1 Å². The van der Waals surface area contributed by atoms with Crippen molar-refractivity contribution < 1.29 is 23.5 Å². The van der Waals surface area contributed by atoms with Crippen molar-refractivity contribution in [3.8, 4) is 11.1 Å². The lowest BCUT2D eigenvalue weighted by molar-refractivity contribution is -0.162. The lowest BCUT2D eigenvalue weighted by Gasteiger charge is -2.28. The molecule has 0 spiro atoms. The summed E-state index contributed by atoms with van der Waals surface area (Å²) in [7, 11) is 0. The number of esters is 1. The fourth-order valence-corrected chi connectivity index (χ4v) is 3.85. The van der Waals surface area contributed by atoms with Crippen LogP contribution < -0.4 is 10.2 Å². The lowest BCUT2D eigenvalue weighted by Crippen LogP contribution is -2.52. The first kappa shape index (κ1) is 21.0. The number of rotatable bonds is 6. The fourth-order valence-electron chi connectivity index (χ4n) is 3.85. The molecule has 1 aliphatic carbocycles. The van der Waals surface area contributed by atoms with Crippen molar-refractivity contribution in [3.63, 3.8) is 0 Å². The molecule has 0 bridgehead atoms. The minimum Gasteiger partial charge on any atom is -0.463 e. The predicted molar refractivity (Wildman–Crippen MR) is 114 cm³/mol. The number of amides is 2. The van der Waals surface area contributed by atoms with Crippen LogP contribution in [0, 0.1) is 5.92 Å². The molecule has 1 N–H and O–H groups in total. The number of alkyl halides is 1. The predicted octanol–water partition coefficient (Wildman–Crippen LogP) is 3.56. The van der Waals surface area contributed by atoms with E-state index in [0.717, 1.165) is 36.6 Å². The number of hydrogen-bond donors (Lipinski definition) is 1. The second kappa shape index (κ2) is 8.13. The highest BCUT2D eigenvalue weighted by molar-refractivity contribution is 6.10. The highest BCUT2D eigenvalue weighted by Crippen LogP contribution is 2.42. The maximum Gasteiger partial charge on any atom is 0.353 e. The molecular formula is C24H25FN2O4. The topological polar surface area (TPSA) is 75.7 Å². The summed E-state index contributed by atoms with van der Waals surface area (Å²) in [4.78, 5) is 40.1. The normalized spacial score (nSPS) is 19.5. The van der Waals surface area contributed by atoms with E-state index in [1.807, 2.05) is 36.4 Å². The van der Waals surface area contributed by atoms with Crippen molar-refractivity contribution in [2.24, 2.45) is 5.92 Å². The van der Waals surface area contributed by atoms with Gasteiger partial charge in [0, 0.05) is 12.1 Å². The minimum atomic E-state index is -2.91. The van der Waals surface area contributed by atoms with Gasteiger partial charge in [-0.25, -0.2) is 9.18 Å². The molecule has 2 amide bonds. The first-order chi connectivity index (χ1) is 14.8. The number of nitrogens with zero attached hydrogens (tertiary/aromatic N) is 1. The first-order valence-corrected chi connectivity index (χ1v) is 10.5. The summed E-state index contributed by atoms with van der Waals surface area (Å²) < 4.78 is 19.7. The van der Waals surface area contributed by atoms with Crippen LogP contribution in [0.5, 0.6) is 0 Å². The number of fused-ring (bicyclic) bond motifs is 3. The molecule has 2 aromatic carbocycles. The van der Waals surface area contributed by atoms with E-state index in [0.29, 0.717) is 18.0 Å². The van der Waals surface area contributed by atoms with Gasteiger partial charge in [0.1, 0.15) is 6.04 Å². The monoisotopic (exact) mass is 424 g/mol. The number of anilines is 1. The summed E-state index contributed by atoms with van der Waals surface area (Å²) >= 11 is 0. The van der Waals surface area contributed by atoms with E-state index in [9.17, 15) is 18.8 Å². The molecule has 4 rings (SSSR count). The Kier molecular flexibility index (Phi) is 5.52. The molecule has 6 nitrogen and oxygen atoms in total. The molecule has 1 saturated carbocycles. The smallest absolute Gasteiger partial charge is 0.353 e. The highest BCUT2D eigenvalue weighted by atomic mass is 19.1. The van der Waals surface area contributed by atoms with Crippen molar-refractivity contribution in [2.45, 2.75) is 38.4 Å². The van der Waals surface area contributed by atoms with E-state index in [4.69, 9.17) is 4.74 Å². The first-order valence-electron chi connectivity index (χ1n) is 10.5. The van der Waals surface area contributed by atoms with Gasteiger partial charge in [-0.15, -0.1) is 0 Å². The molecule has 1 heterocycles. The van der Waals surface area contributed by atoms with Gasteiger partial charge in [0.2, 0.25) is 0 Å². The number of halogens is 1. The van der Waals surface area contributed by atoms with E-state index in [2.05, 4.69) is 5.32 Å². The molecule has 1 aliphatic heterocycles. The van der Waals surface area contributed by atoms with E-state index < -0.39 is 23.6 Å². The number of ether oxygens (including phenoxy) is 1. The molecule has 1 fully saturated rings. The zero-order chi connectivity index (χ0) is 22.2. The SMILES string of the molecule is CCOC(=O)[C@@](C)(F)C(=O)N[C@@H]1C(=O)N(CC2CC2)c2ccccc2-c2ccccc21. The van der Waals surface area contributed by atoms with Gasteiger partial charge in [-0.1, -0.05) is 42.5 Å². The number of carbonyl (C=O) groups is 3.